The lowest BCUT2D eigenvalue weighted by atomic mass is 9.87. The molecular formula is C14H14BN3O2. The summed E-state index contributed by atoms with van der Waals surface area (Å²) >= 11 is 0. The van der Waals surface area contributed by atoms with Crippen LogP contribution in [-0.4, -0.2) is 19.7 Å². The second-order valence-electron chi connectivity index (χ2n) is 4.56. The van der Waals surface area contributed by atoms with E-state index >= 15 is 0 Å². The minimum atomic E-state index is -0.568. The molecule has 0 bridgehead atoms. The van der Waals surface area contributed by atoms with Crippen molar-refractivity contribution in [2.24, 2.45) is 11.5 Å². The van der Waals surface area contributed by atoms with Crippen molar-refractivity contribution in [1.29, 1.82) is 0 Å². The molecule has 0 aliphatic carbocycles. The SMILES string of the molecule is Bc1cc(-c2ccc(C(N)=O)cc2)cc(C(N)=O)c1N. The maximum Gasteiger partial charge on any atom is 0.250 e. The van der Waals surface area contributed by atoms with Gasteiger partial charge in [-0.15, -0.1) is 0 Å². The molecule has 20 heavy (non-hydrogen) atoms. The van der Waals surface area contributed by atoms with Crippen LogP contribution in [-0.2, 0) is 0 Å². The zero-order chi connectivity index (χ0) is 14.9. The third kappa shape index (κ3) is 2.49. The van der Waals surface area contributed by atoms with E-state index in [0.717, 1.165) is 16.6 Å². The van der Waals surface area contributed by atoms with E-state index in [-0.39, 0.29) is 0 Å². The molecule has 0 saturated carbocycles. The molecule has 0 atom stereocenters. The smallest absolute Gasteiger partial charge is 0.250 e. The van der Waals surface area contributed by atoms with Crippen LogP contribution in [0.15, 0.2) is 36.4 Å². The molecule has 0 radical (unpaired) electrons. The van der Waals surface area contributed by atoms with Gasteiger partial charge in [0.2, 0.25) is 5.91 Å². The van der Waals surface area contributed by atoms with Gasteiger partial charge in [-0.3, -0.25) is 9.59 Å². The molecule has 2 aromatic carbocycles. The molecule has 0 unspecified atom stereocenters. The highest BCUT2D eigenvalue weighted by Crippen LogP contribution is 2.22. The van der Waals surface area contributed by atoms with Gasteiger partial charge >= 0.3 is 0 Å². The van der Waals surface area contributed by atoms with Crippen LogP contribution in [0.5, 0.6) is 0 Å². The zero-order valence-corrected chi connectivity index (χ0v) is 11.0. The highest BCUT2D eigenvalue weighted by atomic mass is 16.1. The minimum Gasteiger partial charge on any atom is -0.399 e. The van der Waals surface area contributed by atoms with Crippen LogP contribution in [0.1, 0.15) is 20.7 Å². The van der Waals surface area contributed by atoms with Gasteiger partial charge in [0.25, 0.3) is 5.91 Å². The molecule has 0 spiro atoms. The van der Waals surface area contributed by atoms with Gasteiger partial charge in [-0.05, 0) is 29.3 Å². The van der Waals surface area contributed by atoms with E-state index in [1.165, 1.54) is 0 Å². The molecule has 100 valence electrons. The molecule has 0 aliphatic heterocycles. The quantitative estimate of drug-likeness (QED) is 0.509. The Morgan fingerprint density at radius 1 is 0.900 bits per heavy atom. The lowest BCUT2D eigenvalue weighted by Crippen LogP contribution is -2.20. The average Bonchev–Trinajstić information content (AvgIpc) is 2.41. The Hall–Kier alpha value is -2.76. The third-order valence-corrected chi connectivity index (χ3v) is 3.16. The number of primary amides is 2. The molecule has 5 nitrogen and oxygen atoms in total. The van der Waals surface area contributed by atoms with Crippen LogP contribution in [0.25, 0.3) is 11.1 Å². The number of carbonyl (C=O) groups is 2. The van der Waals surface area contributed by atoms with Gasteiger partial charge < -0.3 is 17.2 Å². The summed E-state index contributed by atoms with van der Waals surface area (Å²) in [6, 6.07) is 10.3. The highest BCUT2D eigenvalue weighted by Gasteiger charge is 2.11. The summed E-state index contributed by atoms with van der Waals surface area (Å²) in [5, 5.41) is 0. The largest absolute Gasteiger partial charge is 0.399 e. The monoisotopic (exact) mass is 267 g/mol. The molecular weight excluding hydrogens is 253 g/mol. The summed E-state index contributed by atoms with van der Waals surface area (Å²) in [4.78, 5) is 22.4. The van der Waals surface area contributed by atoms with Gasteiger partial charge in [0.1, 0.15) is 7.85 Å². The van der Waals surface area contributed by atoms with Gasteiger partial charge in [0.15, 0.2) is 0 Å². The first kappa shape index (κ1) is 13.7. The number of hydrogen-bond donors (Lipinski definition) is 3. The van der Waals surface area contributed by atoms with E-state index in [0.29, 0.717) is 16.8 Å². The van der Waals surface area contributed by atoms with Crippen molar-refractivity contribution >= 4 is 30.8 Å². The van der Waals surface area contributed by atoms with Crippen molar-refractivity contribution in [2.45, 2.75) is 0 Å². The Bertz CT molecular complexity index is 696. The second-order valence-corrected chi connectivity index (χ2v) is 4.56. The summed E-state index contributed by atoms with van der Waals surface area (Å²) in [6.45, 7) is 0. The predicted octanol–water partition coefficient (Wildman–Crippen LogP) is -0.608. The lowest BCUT2D eigenvalue weighted by molar-refractivity contribution is 0.0992. The zero-order valence-electron chi connectivity index (χ0n) is 11.0. The van der Waals surface area contributed by atoms with Gasteiger partial charge in [-0.25, -0.2) is 0 Å². The van der Waals surface area contributed by atoms with E-state index in [4.69, 9.17) is 17.2 Å². The first-order chi connectivity index (χ1) is 9.40. The van der Waals surface area contributed by atoms with Crippen molar-refractivity contribution in [1.82, 2.24) is 0 Å². The molecule has 2 aromatic rings. The molecule has 0 heterocycles. The fourth-order valence-electron chi connectivity index (χ4n) is 2.00. The average molecular weight is 267 g/mol. The topological polar surface area (TPSA) is 112 Å². The molecule has 0 aliphatic rings. The fraction of sp³-hybridized carbons (Fsp3) is 0. The summed E-state index contributed by atoms with van der Waals surface area (Å²) in [5.74, 6) is -1.05. The Balaban J connectivity index is 2.52. The highest BCUT2D eigenvalue weighted by molar-refractivity contribution is 6.37. The van der Waals surface area contributed by atoms with Crippen molar-refractivity contribution in [3.8, 4) is 11.1 Å². The van der Waals surface area contributed by atoms with E-state index in [9.17, 15) is 9.59 Å². The lowest BCUT2D eigenvalue weighted by Gasteiger charge is -2.10. The number of amides is 2. The van der Waals surface area contributed by atoms with Crippen LogP contribution in [0, 0.1) is 0 Å². The van der Waals surface area contributed by atoms with E-state index < -0.39 is 11.8 Å². The summed E-state index contributed by atoms with van der Waals surface area (Å²) in [7, 11) is 1.81. The normalized spacial score (nSPS) is 10.2. The van der Waals surface area contributed by atoms with Gasteiger partial charge in [-0.1, -0.05) is 23.7 Å². The number of rotatable bonds is 3. The summed E-state index contributed by atoms with van der Waals surface area (Å²) in [5.41, 5.74) is 19.9. The summed E-state index contributed by atoms with van der Waals surface area (Å²) < 4.78 is 0. The van der Waals surface area contributed by atoms with Crippen LogP contribution >= 0.6 is 0 Å². The molecule has 0 aromatic heterocycles. The van der Waals surface area contributed by atoms with Crippen LogP contribution < -0.4 is 22.7 Å². The molecule has 2 rings (SSSR count). The Morgan fingerprint density at radius 3 is 2.00 bits per heavy atom. The Labute approximate surface area is 117 Å². The standard InChI is InChI=1S/C14H14BN3O2/c15-11-6-9(5-10(12(11)16)14(18)20)7-1-3-8(4-2-7)13(17)19/h1-6H,15-16H2,(H2,17,19)(H2,18,20). The first-order valence-electron chi connectivity index (χ1n) is 6.00. The molecule has 6 N–H and O–H groups in total. The maximum absolute atomic E-state index is 11.4. The number of benzene rings is 2. The van der Waals surface area contributed by atoms with Crippen LogP contribution in [0.4, 0.5) is 5.69 Å². The predicted molar refractivity (Wildman–Crippen MR) is 81.5 cm³/mol. The van der Waals surface area contributed by atoms with E-state index in [2.05, 4.69) is 0 Å². The van der Waals surface area contributed by atoms with Gasteiger partial charge in [0.05, 0.1) is 5.56 Å². The Kier molecular flexibility index (Phi) is 3.48. The fourth-order valence-corrected chi connectivity index (χ4v) is 2.00. The van der Waals surface area contributed by atoms with Crippen molar-refractivity contribution in [3.05, 3.63) is 47.5 Å². The Morgan fingerprint density at radius 2 is 1.50 bits per heavy atom. The first-order valence-corrected chi connectivity index (χ1v) is 6.00. The number of nitrogens with two attached hydrogens (primary N) is 3. The third-order valence-electron chi connectivity index (χ3n) is 3.16. The minimum absolute atomic E-state index is 0.291. The van der Waals surface area contributed by atoms with Crippen LogP contribution in [0.3, 0.4) is 0 Å². The number of carbonyl (C=O) groups excluding carboxylic acids is 2. The van der Waals surface area contributed by atoms with Gasteiger partial charge in [-0.2, -0.15) is 0 Å². The summed E-state index contributed by atoms with van der Waals surface area (Å²) in [6.07, 6.45) is 0. The van der Waals surface area contributed by atoms with Crippen molar-refractivity contribution in [3.63, 3.8) is 0 Å². The van der Waals surface area contributed by atoms with Gasteiger partial charge in [0, 0.05) is 11.3 Å². The number of hydrogen-bond acceptors (Lipinski definition) is 3. The van der Waals surface area contributed by atoms with E-state index in [1.807, 2.05) is 13.9 Å². The van der Waals surface area contributed by atoms with Crippen molar-refractivity contribution in [2.75, 3.05) is 5.73 Å². The molecule has 2 amide bonds. The van der Waals surface area contributed by atoms with Crippen molar-refractivity contribution < 1.29 is 9.59 Å². The number of nitrogen functional groups attached to an aromatic ring is 1. The maximum atomic E-state index is 11.4. The molecule has 6 heteroatoms. The van der Waals surface area contributed by atoms with E-state index in [1.54, 1.807) is 30.3 Å². The number of anilines is 1. The second kappa shape index (κ2) is 5.09. The molecule has 0 saturated heterocycles. The van der Waals surface area contributed by atoms with Crippen LogP contribution in [0.2, 0.25) is 0 Å². The molecule has 0 fully saturated rings.